The van der Waals surface area contributed by atoms with Gasteiger partial charge in [0.05, 0.1) is 7.11 Å². The number of aryl methyl sites for hydroxylation is 2. The van der Waals surface area contributed by atoms with Gasteiger partial charge in [0.25, 0.3) is 0 Å². The summed E-state index contributed by atoms with van der Waals surface area (Å²) in [6.07, 6.45) is 2.07. The summed E-state index contributed by atoms with van der Waals surface area (Å²) in [7, 11) is -2.14. The molecule has 1 aromatic carbocycles. The van der Waals surface area contributed by atoms with E-state index in [-0.39, 0.29) is 23.3 Å². The second-order valence-electron chi connectivity index (χ2n) is 5.41. The van der Waals surface area contributed by atoms with Crippen molar-refractivity contribution in [2.45, 2.75) is 37.6 Å². The van der Waals surface area contributed by atoms with Gasteiger partial charge in [-0.2, -0.15) is 0 Å². The topological polar surface area (TPSA) is 81.4 Å². The minimum atomic E-state index is -3.62. The highest BCUT2D eigenvalue weighted by Gasteiger charge is 2.34. The van der Waals surface area contributed by atoms with Crippen molar-refractivity contribution in [1.82, 2.24) is 4.72 Å². The summed E-state index contributed by atoms with van der Waals surface area (Å²) >= 11 is 0. The standard InChI is InChI=1S/C14H22N2O3S.ClH/c1-9-6-10(2)14(19-3)13(7-9)20(17,18)16-12(8-15)11-4-5-11;/h6-7,11-12,16H,4-5,8,15H2,1-3H3;1H. The normalized spacial score (nSPS) is 16.2. The Labute approximate surface area is 132 Å². The fourth-order valence-electron chi connectivity index (χ4n) is 2.47. The van der Waals surface area contributed by atoms with Crippen LogP contribution in [-0.4, -0.2) is 28.1 Å². The number of methoxy groups -OCH3 is 1. The van der Waals surface area contributed by atoms with Crippen LogP contribution in [-0.2, 0) is 10.0 Å². The molecule has 1 aliphatic rings. The van der Waals surface area contributed by atoms with Crippen LogP contribution in [0.1, 0.15) is 24.0 Å². The third-order valence-electron chi connectivity index (χ3n) is 3.63. The largest absolute Gasteiger partial charge is 0.495 e. The highest BCUT2D eigenvalue weighted by atomic mass is 35.5. The summed E-state index contributed by atoms with van der Waals surface area (Å²) in [6.45, 7) is 4.02. The maximum Gasteiger partial charge on any atom is 0.244 e. The van der Waals surface area contributed by atoms with Crippen LogP contribution in [0.3, 0.4) is 0 Å². The molecule has 7 heteroatoms. The van der Waals surface area contributed by atoms with Gasteiger partial charge in [0.15, 0.2) is 0 Å². The van der Waals surface area contributed by atoms with Gasteiger partial charge >= 0.3 is 0 Å². The molecular weight excluding hydrogens is 312 g/mol. The van der Waals surface area contributed by atoms with Crippen LogP contribution in [0.5, 0.6) is 5.75 Å². The zero-order valence-corrected chi connectivity index (χ0v) is 14.2. The minimum absolute atomic E-state index is 0. The first-order chi connectivity index (χ1) is 9.39. The predicted octanol–water partition coefficient (Wildman–Crippen LogP) is 1.75. The number of hydrogen-bond acceptors (Lipinski definition) is 4. The first-order valence-electron chi connectivity index (χ1n) is 6.76. The minimum Gasteiger partial charge on any atom is -0.495 e. The Morgan fingerprint density at radius 3 is 2.48 bits per heavy atom. The van der Waals surface area contributed by atoms with Crippen molar-refractivity contribution in [2.24, 2.45) is 11.7 Å². The van der Waals surface area contributed by atoms with Gasteiger partial charge in [-0.15, -0.1) is 12.4 Å². The zero-order chi connectivity index (χ0) is 14.9. The second kappa shape index (κ2) is 6.96. The third-order valence-corrected chi connectivity index (χ3v) is 5.13. The lowest BCUT2D eigenvalue weighted by atomic mass is 10.1. The summed E-state index contributed by atoms with van der Waals surface area (Å²) in [6, 6.07) is 3.35. The fourth-order valence-corrected chi connectivity index (χ4v) is 4.12. The number of rotatable bonds is 6. The van der Waals surface area contributed by atoms with Crippen molar-refractivity contribution in [3.8, 4) is 5.75 Å². The van der Waals surface area contributed by atoms with E-state index in [9.17, 15) is 8.42 Å². The van der Waals surface area contributed by atoms with Crippen molar-refractivity contribution >= 4 is 22.4 Å². The molecule has 3 N–H and O–H groups in total. The molecule has 2 rings (SSSR count). The van der Waals surface area contributed by atoms with Gasteiger partial charge in [0.1, 0.15) is 10.6 Å². The summed E-state index contributed by atoms with van der Waals surface area (Å²) in [5, 5.41) is 0. The highest BCUT2D eigenvalue weighted by Crippen LogP contribution is 2.34. The molecule has 0 saturated heterocycles. The number of nitrogens with one attached hydrogen (secondary N) is 1. The second-order valence-corrected chi connectivity index (χ2v) is 7.10. The Kier molecular flexibility index (Phi) is 6.04. The van der Waals surface area contributed by atoms with Crippen LogP contribution in [0.25, 0.3) is 0 Å². The first-order valence-corrected chi connectivity index (χ1v) is 8.25. The molecule has 5 nitrogen and oxygen atoms in total. The van der Waals surface area contributed by atoms with Gasteiger partial charge in [-0.1, -0.05) is 6.07 Å². The molecule has 1 aliphatic carbocycles. The lowest BCUT2D eigenvalue weighted by Gasteiger charge is -2.19. The summed E-state index contributed by atoms with van der Waals surface area (Å²) < 4.78 is 33.1. The van der Waals surface area contributed by atoms with Crippen molar-refractivity contribution < 1.29 is 13.2 Å². The molecule has 120 valence electrons. The fraction of sp³-hybridized carbons (Fsp3) is 0.571. The lowest BCUT2D eigenvalue weighted by molar-refractivity contribution is 0.398. The Hall–Kier alpha value is -0.820. The van der Waals surface area contributed by atoms with Crippen molar-refractivity contribution in [2.75, 3.05) is 13.7 Å². The molecule has 1 unspecified atom stereocenters. The van der Waals surface area contributed by atoms with E-state index in [1.165, 1.54) is 7.11 Å². The molecule has 0 spiro atoms. The quantitative estimate of drug-likeness (QED) is 0.830. The van der Waals surface area contributed by atoms with E-state index in [0.29, 0.717) is 18.2 Å². The van der Waals surface area contributed by atoms with Crippen LogP contribution in [0.15, 0.2) is 17.0 Å². The molecule has 0 aromatic heterocycles. The van der Waals surface area contributed by atoms with E-state index in [1.807, 2.05) is 19.9 Å². The average Bonchev–Trinajstić information content (AvgIpc) is 3.19. The maximum absolute atomic E-state index is 12.6. The summed E-state index contributed by atoms with van der Waals surface area (Å²) in [5.41, 5.74) is 7.37. The Morgan fingerprint density at radius 2 is 2.00 bits per heavy atom. The van der Waals surface area contributed by atoms with Gasteiger partial charge in [0, 0.05) is 12.6 Å². The van der Waals surface area contributed by atoms with Gasteiger partial charge in [-0.25, -0.2) is 13.1 Å². The van der Waals surface area contributed by atoms with E-state index >= 15 is 0 Å². The van der Waals surface area contributed by atoms with Crippen molar-refractivity contribution in [3.05, 3.63) is 23.3 Å². The summed E-state index contributed by atoms with van der Waals surface area (Å²) in [5.74, 6) is 0.765. The van der Waals surface area contributed by atoms with Gasteiger partial charge in [-0.3, -0.25) is 0 Å². The van der Waals surface area contributed by atoms with Gasteiger partial charge in [0.2, 0.25) is 10.0 Å². The number of nitrogens with two attached hydrogens (primary N) is 1. The Bertz CT molecular complexity index is 600. The molecule has 1 aromatic rings. The predicted molar refractivity (Wildman–Crippen MR) is 85.6 cm³/mol. The van der Waals surface area contributed by atoms with E-state index in [0.717, 1.165) is 24.0 Å². The van der Waals surface area contributed by atoms with E-state index in [1.54, 1.807) is 6.07 Å². The van der Waals surface area contributed by atoms with Crippen molar-refractivity contribution in [1.29, 1.82) is 0 Å². The van der Waals surface area contributed by atoms with Crippen molar-refractivity contribution in [3.63, 3.8) is 0 Å². The van der Waals surface area contributed by atoms with E-state index in [4.69, 9.17) is 10.5 Å². The monoisotopic (exact) mass is 334 g/mol. The third kappa shape index (κ3) is 4.10. The Balaban J connectivity index is 0.00000220. The van der Waals surface area contributed by atoms with Crippen LogP contribution in [0, 0.1) is 19.8 Å². The van der Waals surface area contributed by atoms with Gasteiger partial charge in [-0.05, 0) is 49.8 Å². The molecule has 0 aliphatic heterocycles. The number of ether oxygens (including phenoxy) is 1. The molecule has 1 fully saturated rings. The number of hydrogen-bond donors (Lipinski definition) is 2. The smallest absolute Gasteiger partial charge is 0.244 e. The summed E-state index contributed by atoms with van der Waals surface area (Å²) in [4.78, 5) is 0.191. The number of sulfonamides is 1. The van der Waals surface area contributed by atoms with Crippen LogP contribution < -0.4 is 15.2 Å². The number of halogens is 1. The molecule has 0 amide bonds. The molecular formula is C14H23ClN2O3S. The van der Waals surface area contributed by atoms with Crippen LogP contribution >= 0.6 is 12.4 Å². The van der Waals surface area contributed by atoms with E-state index in [2.05, 4.69) is 4.72 Å². The molecule has 1 atom stereocenters. The van der Waals surface area contributed by atoms with Gasteiger partial charge < -0.3 is 10.5 Å². The lowest BCUT2D eigenvalue weighted by Crippen LogP contribution is -2.41. The molecule has 1 saturated carbocycles. The maximum atomic E-state index is 12.6. The first kappa shape index (κ1) is 18.2. The van der Waals surface area contributed by atoms with E-state index < -0.39 is 10.0 Å². The molecule has 0 heterocycles. The number of benzene rings is 1. The molecule has 21 heavy (non-hydrogen) atoms. The zero-order valence-electron chi connectivity index (χ0n) is 12.5. The Morgan fingerprint density at radius 1 is 1.38 bits per heavy atom. The SMILES string of the molecule is COc1c(C)cc(C)cc1S(=O)(=O)NC(CN)C1CC1.Cl. The highest BCUT2D eigenvalue weighted by molar-refractivity contribution is 7.89. The van der Waals surface area contributed by atoms with Crippen LogP contribution in [0.4, 0.5) is 0 Å². The molecule has 0 bridgehead atoms. The average molecular weight is 335 g/mol. The van der Waals surface area contributed by atoms with Crippen LogP contribution in [0.2, 0.25) is 0 Å². The molecule has 0 radical (unpaired) electrons.